The van der Waals surface area contributed by atoms with Crippen molar-refractivity contribution in [1.82, 2.24) is 0 Å². The van der Waals surface area contributed by atoms with Gasteiger partial charge in [-0.05, 0) is 272 Å². The molecule has 7 nitrogen and oxygen atoms in total. The van der Waals surface area contributed by atoms with Crippen LogP contribution in [-0.2, 0) is 21.7 Å². The van der Waals surface area contributed by atoms with Crippen LogP contribution >= 0.6 is 0 Å². The summed E-state index contributed by atoms with van der Waals surface area (Å²) in [6.45, 7) is 0. The molecule has 32 rings (SSSR count). The minimum atomic E-state index is -0.780. The van der Waals surface area contributed by atoms with E-state index in [0.29, 0.717) is 0 Å². The van der Waals surface area contributed by atoms with E-state index in [4.69, 9.17) is 23.4 Å². The lowest BCUT2D eigenvalue weighted by molar-refractivity contribution is 0.142. The standard InChI is InChI=1S/C136H84N2O5/c1-2-29-93-91(27-1)92-28-3-4-30-94(92)104-76-86(60-66-95(93)104)138(90-62-68-100-96-31-5-10-36-107(96)135(119(100)80-90)116-43-17-24-50-127(116)141-128-51-25-18-44-117(128)135)88-64-70-112-106(78-88)99-34-8-13-39-110(99)134(112)115-42-16-23-49-126(115)142-130-71-56-82(73-121(130)134)83-57-72-131-122(74-83)136(118-45-19-26-52-129(118)143-131)108-37-11-6-32-97(108)101-67-61-89(79-120(101)136)137(85-58-53-81(54-59-85)84-55-65-103-102-35-9-20-46-123(102)139-132(103)75-84)87-63-69-111-105(77-87)98-33-7-12-38-109(98)133(111)113-40-14-21-47-124(113)140-125-48-22-15-41-114(125)133/h1-80,106,112,122,131H. The SMILES string of the molecule is C1=CC2Oc3ccccc3C3(c4ccccc4-c4ccc(N(c5ccc(-c6ccc7c(c6)oc6ccccc67)cc5)c5ccc6c(c5)-c5ccccc5C65c6ccccc6Oc6ccccc65)cc43)C2C=C1c1ccc2c(c1)C1(c3ccccc3O2)c2ccccc2C2C=C(N(c3ccc4c(c3)C3(c5ccccc5Oc5ccccc53)c3ccccc3-4)c3ccc4c5ccccc5c5ccccc5c4c3)C=CC21. The van der Waals surface area contributed by atoms with E-state index in [0.717, 1.165) is 158 Å². The number of fused-ring (bicyclic) bond motifs is 45. The summed E-state index contributed by atoms with van der Waals surface area (Å²) < 4.78 is 35.3. The van der Waals surface area contributed by atoms with Gasteiger partial charge in [0.15, 0.2) is 0 Å². The molecule has 4 aliphatic heterocycles. The van der Waals surface area contributed by atoms with Crippen LogP contribution in [-0.4, -0.2) is 6.10 Å². The molecule has 6 unspecified atom stereocenters. The van der Waals surface area contributed by atoms with E-state index in [1.807, 2.05) is 6.07 Å². The summed E-state index contributed by atoms with van der Waals surface area (Å²) >= 11 is 0. The molecule has 1 aromatic heterocycles. The Kier molecular flexibility index (Phi) is 16.2. The smallest absolute Gasteiger partial charge is 0.136 e. The molecule has 0 bridgehead atoms. The predicted octanol–water partition coefficient (Wildman–Crippen LogP) is 33.9. The second kappa shape index (κ2) is 29.3. The van der Waals surface area contributed by atoms with Gasteiger partial charge in [-0.15, -0.1) is 0 Å². The van der Waals surface area contributed by atoms with Crippen LogP contribution in [0.3, 0.4) is 0 Å². The normalized spacial score (nSPS) is 18.9. The van der Waals surface area contributed by atoms with Crippen molar-refractivity contribution in [3.05, 3.63) is 580 Å². The van der Waals surface area contributed by atoms with E-state index < -0.39 is 21.7 Å². The van der Waals surface area contributed by atoms with Crippen molar-refractivity contribution >= 4 is 88.3 Å². The Hall–Kier alpha value is -18.0. The van der Waals surface area contributed by atoms with Gasteiger partial charge in [-0.3, -0.25) is 0 Å². The predicted molar refractivity (Wildman–Crippen MR) is 576 cm³/mol. The van der Waals surface area contributed by atoms with E-state index >= 15 is 0 Å². The van der Waals surface area contributed by atoms with Gasteiger partial charge in [0, 0.05) is 102 Å². The van der Waals surface area contributed by atoms with Crippen LogP contribution in [0.15, 0.2) is 495 Å². The number of benzene rings is 21. The third kappa shape index (κ3) is 10.5. The van der Waals surface area contributed by atoms with Crippen molar-refractivity contribution in [3.63, 3.8) is 0 Å². The maximum atomic E-state index is 7.53. The van der Waals surface area contributed by atoms with Gasteiger partial charge in [-0.1, -0.05) is 346 Å². The maximum absolute atomic E-state index is 7.53. The molecular formula is C136H84N2O5. The van der Waals surface area contributed by atoms with Gasteiger partial charge >= 0.3 is 0 Å². The lowest BCUT2D eigenvalue weighted by Crippen LogP contribution is -2.48. The third-order valence-corrected chi connectivity index (χ3v) is 33.6. The topological polar surface area (TPSA) is 56.5 Å². The third-order valence-electron chi connectivity index (χ3n) is 33.6. The molecule has 0 N–H and O–H groups in total. The first-order valence-electron chi connectivity index (χ1n) is 49.9. The molecule has 5 heterocycles. The van der Waals surface area contributed by atoms with Crippen molar-refractivity contribution in [2.75, 3.05) is 9.80 Å². The van der Waals surface area contributed by atoms with Crippen LogP contribution in [0.5, 0.6) is 40.2 Å². The maximum Gasteiger partial charge on any atom is 0.136 e. The number of hydrogen-bond donors (Lipinski definition) is 0. The van der Waals surface area contributed by atoms with Crippen LogP contribution in [0, 0.1) is 11.8 Å². The van der Waals surface area contributed by atoms with Gasteiger partial charge in [0.25, 0.3) is 0 Å². The fraction of sp³-hybridized carbons (Fsp3) is 0.0588. The molecule has 6 atom stereocenters. The largest absolute Gasteiger partial charge is 0.485 e. The summed E-state index contributed by atoms with van der Waals surface area (Å²) in [5.74, 6) is 5.56. The van der Waals surface area contributed by atoms with E-state index in [-0.39, 0.29) is 23.9 Å². The monoisotopic (exact) mass is 1820 g/mol. The second-order valence-corrected chi connectivity index (χ2v) is 40.0. The highest BCUT2D eigenvalue weighted by Crippen LogP contribution is 2.70. The Morgan fingerprint density at radius 2 is 0.636 bits per heavy atom. The average Bonchev–Trinajstić information content (AvgIpc) is 1.53. The van der Waals surface area contributed by atoms with Crippen LogP contribution in [0.1, 0.15) is 94.9 Å². The first kappa shape index (κ1) is 78.9. The van der Waals surface area contributed by atoms with E-state index in [1.165, 1.54) is 110 Å². The van der Waals surface area contributed by atoms with E-state index in [2.05, 4.69) is 489 Å². The van der Waals surface area contributed by atoms with Crippen molar-refractivity contribution in [3.8, 4) is 84.8 Å². The summed E-state index contributed by atoms with van der Waals surface area (Å²) in [7, 11) is 0. The van der Waals surface area contributed by atoms with Crippen LogP contribution in [0.25, 0.3) is 104 Å². The molecule has 22 aromatic rings. The molecule has 10 aliphatic rings. The average molecular weight is 1830 g/mol. The van der Waals surface area contributed by atoms with Gasteiger partial charge < -0.3 is 33.2 Å². The highest BCUT2D eigenvalue weighted by Gasteiger charge is 2.61. The van der Waals surface area contributed by atoms with Crippen LogP contribution in [0.4, 0.5) is 28.4 Å². The number of furan rings is 1. The highest BCUT2D eigenvalue weighted by molar-refractivity contribution is 6.26. The fourth-order valence-electron chi connectivity index (χ4n) is 28.0. The quantitative estimate of drug-likeness (QED) is 0.141. The minimum absolute atomic E-state index is 0.109. The number of anilines is 5. The Morgan fingerprint density at radius 3 is 1.29 bits per heavy atom. The molecule has 668 valence electrons. The second-order valence-electron chi connectivity index (χ2n) is 40.0. The molecule has 0 saturated carbocycles. The van der Waals surface area contributed by atoms with E-state index in [1.54, 1.807) is 0 Å². The van der Waals surface area contributed by atoms with Crippen LogP contribution < -0.4 is 28.7 Å². The summed E-state index contributed by atoms with van der Waals surface area (Å²) in [5.41, 5.74) is 34.6. The van der Waals surface area contributed by atoms with Crippen LogP contribution in [0.2, 0.25) is 0 Å². The van der Waals surface area contributed by atoms with Gasteiger partial charge in [0.1, 0.15) is 57.5 Å². The van der Waals surface area contributed by atoms with Crippen molar-refractivity contribution in [2.45, 2.75) is 33.7 Å². The Morgan fingerprint density at radius 1 is 0.217 bits per heavy atom. The number of ether oxygens (including phenoxy) is 4. The van der Waals surface area contributed by atoms with Gasteiger partial charge in [0.2, 0.25) is 0 Å². The summed E-state index contributed by atoms with van der Waals surface area (Å²) in [6.07, 6.45) is 14.6. The highest BCUT2D eigenvalue weighted by atomic mass is 16.5. The molecule has 143 heavy (non-hydrogen) atoms. The summed E-state index contributed by atoms with van der Waals surface area (Å²) in [5, 5.41) is 9.57. The Bertz CT molecular complexity index is 9410. The molecule has 0 saturated heterocycles. The zero-order valence-electron chi connectivity index (χ0n) is 77.4. The number of nitrogens with zero attached hydrogens (tertiary/aromatic N) is 2. The van der Waals surface area contributed by atoms with Gasteiger partial charge in [0.05, 0.1) is 21.7 Å². The summed E-state index contributed by atoms with van der Waals surface area (Å²) in [4.78, 5) is 5.06. The zero-order valence-corrected chi connectivity index (χ0v) is 77.4. The lowest BCUT2D eigenvalue weighted by atomic mass is 9.59. The molecule has 0 radical (unpaired) electrons. The lowest BCUT2D eigenvalue weighted by Gasteiger charge is -2.48. The zero-order chi connectivity index (χ0) is 93.3. The first-order valence-corrected chi connectivity index (χ1v) is 49.9. The molecule has 21 aromatic carbocycles. The minimum Gasteiger partial charge on any atom is -0.485 e. The molecule has 0 fully saturated rings. The fourth-order valence-corrected chi connectivity index (χ4v) is 28.0. The van der Waals surface area contributed by atoms with Gasteiger partial charge in [-0.2, -0.15) is 0 Å². The first-order chi connectivity index (χ1) is 70.8. The molecule has 7 heteroatoms. The molecular weight excluding hydrogens is 1740 g/mol. The van der Waals surface area contributed by atoms with Crippen molar-refractivity contribution in [2.24, 2.45) is 11.8 Å². The Balaban J connectivity index is 0.558. The van der Waals surface area contributed by atoms with Crippen molar-refractivity contribution < 1.29 is 23.4 Å². The Labute approximate surface area is 826 Å². The molecule has 0 amide bonds. The molecule has 4 spiro atoms. The van der Waals surface area contributed by atoms with Crippen molar-refractivity contribution in [1.29, 1.82) is 0 Å². The number of rotatable bonds is 8. The summed E-state index contributed by atoms with van der Waals surface area (Å²) in [6, 6.07) is 167. The number of hydrogen-bond acceptors (Lipinski definition) is 7. The number of para-hydroxylation sites is 7. The number of allylic oxidation sites excluding steroid dienone is 5. The van der Waals surface area contributed by atoms with E-state index in [9.17, 15) is 0 Å². The van der Waals surface area contributed by atoms with Gasteiger partial charge in [-0.25, -0.2) is 0 Å². The molecule has 6 aliphatic carbocycles.